The van der Waals surface area contributed by atoms with E-state index in [4.69, 9.17) is 4.74 Å². The number of fused-ring (bicyclic) bond motifs is 1. The lowest BCUT2D eigenvalue weighted by atomic mass is 9.91. The molecule has 0 aromatic heterocycles. The molecule has 0 spiro atoms. The van der Waals surface area contributed by atoms with Gasteiger partial charge in [-0.05, 0) is 39.1 Å². The van der Waals surface area contributed by atoms with Gasteiger partial charge in [0.15, 0.2) is 0 Å². The third-order valence-electron chi connectivity index (χ3n) is 4.91. The van der Waals surface area contributed by atoms with Crippen LogP contribution in [0.15, 0.2) is 24.3 Å². The van der Waals surface area contributed by atoms with Gasteiger partial charge in [-0.1, -0.05) is 25.0 Å². The minimum Gasteiger partial charge on any atom is -0.496 e. The predicted molar refractivity (Wildman–Crippen MR) is 81.8 cm³/mol. The summed E-state index contributed by atoms with van der Waals surface area (Å²) in [7, 11) is 2.95. The molecule has 2 atom stereocenters. The molecule has 1 aromatic rings. The quantitative estimate of drug-likeness (QED) is 0.785. The number of methoxy groups -OCH3 is 1. The average Bonchev–Trinajstić information content (AvgIpc) is 2.70. The van der Waals surface area contributed by atoms with Gasteiger partial charge in [0.25, 0.3) is 0 Å². The fourth-order valence-electron chi connectivity index (χ4n) is 3.80. The fourth-order valence-corrected chi connectivity index (χ4v) is 7.00. The van der Waals surface area contributed by atoms with Crippen LogP contribution in [0.5, 0.6) is 5.75 Å². The van der Waals surface area contributed by atoms with Gasteiger partial charge in [-0.25, -0.2) is 9.34 Å². The maximum atomic E-state index is 13.8. The van der Waals surface area contributed by atoms with Crippen molar-refractivity contribution in [3.05, 3.63) is 24.3 Å². The summed E-state index contributed by atoms with van der Waals surface area (Å²) in [6.45, 7) is 0. The van der Waals surface area contributed by atoms with Gasteiger partial charge in [-0.3, -0.25) is 4.57 Å². The number of rotatable bonds is 2. The van der Waals surface area contributed by atoms with Crippen molar-refractivity contribution in [2.24, 2.45) is 0 Å². The van der Waals surface area contributed by atoms with Crippen LogP contribution in [0.25, 0.3) is 0 Å². The zero-order valence-electron chi connectivity index (χ0n) is 12.5. The van der Waals surface area contributed by atoms with E-state index >= 15 is 0 Å². The Labute approximate surface area is 121 Å². The molecule has 1 aliphatic heterocycles. The number of benzene rings is 1. The molecule has 20 heavy (non-hydrogen) atoms. The van der Waals surface area contributed by atoms with E-state index in [1.54, 1.807) is 7.11 Å². The van der Waals surface area contributed by atoms with Crippen LogP contribution in [0.4, 0.5) is 0 Å². The minimum absolute atomic E-state index is 0.407. The van der Waals surface area contributed by atoms with Gasteiger partial charge >= 0.3 is 0 Å². The molecule has 0 radical (unpaired) electrons. The lowest BCUT2D eigenvalue weighted by molar-refractivity contribution is 0.233. The summed E-state index contributed by atoms with van der Waals surface area (Å²) in [6, 6.07) is 8.54. The van der Waals surface area contributed by atoms with E-state index in [2.05, 4.69) is 9.34 Å². The van der Waals surface area contributed by atoms with Crippen LogP contribution in [-0.2, 0) is 4.57 Å². The second-order valence-corrected chi connectivity index (χ2v) is 8.61. The maximum Gasteiger partial charge on any atom is 0.249 e. The summed E-state index contributed by atoms with van der Waals surface area (Å²) in [5, 5.41) is 0.835. The third kappa shape index (κ3) is 1.86. The average molecular weight is 294 g/mol. The molecule has 0 unspecified atom stereocenters. The van der Waals surface area contributed by atoms with Crippen LogP contribution >= 0.6 is 7.44 Å². The Kier molecular flexibility index (Phi) is 3.65. The van der Waals surface area contributed by atoms with Crippen LogP contribution < -0.4 is 10.0 Å². The molecule has 1 aromatic carbocycles. The molecule has 0 bridgehead atoms. The highest BCUT2D eigenvalue weighted by molar-refractivity contribution is 7.67. The molecule has 1 saturated carbocycles. The fraction of sp³-hybridized carbons (Fsp3) is 0.600. The first-order chi connectivity index (χ1) is 9.60. The lowest BCUT2D eigenvalue weighted by Gasteiger charge is -2.28. The Morgan fingerprint density at radius 2 is 1.65 bits per heavy atom. The number of hydrogen-bond donors (Lipinski definition) is 0. The molecule has 3 rings (SSSR count). The molecular formula is C15H23N2O2P. The number of para-hydroxylation sites is 1. The van der Waals surface area contributed by atoms with E-state index in [1.165, 1.54) is 12.8 Å². The standard InChI is InChI=1S/C15H23N2O2P/c1-16-12-8-4-5-9-13(12)17(2)20(16,18)15-11-7-6-10-14(15)19-3/h6-7,10-13H,4-5,8-9H2,1-3H3/t12-,13-/m1/s1. The SMILES string of the molecule is COc1ccccc1P1(=O)N(C)[C@@H]2CCCC[C@H]2N1C. The number of ether oxygens (including phenoxy) is 1. The number of likely N-dealkylation sites (N-methyl/N-ethyl adjacent to an activating group) is 2. The molecule has 1 aliphatic carbocycles. The van der Waals surface area contributed by atoms with E-state index in [-0.39, 0.29) is 0 Å². The summed E-state index contributed by atoms with van der Waals surface area (Å²) in [4.78, 5) is 0. The largest absolute Gasteiger partial charge is 0.496 e. The second kappa shape index (κ2) is 5.18. The summed E-state index contributed by atoms with van der Waals surface area (Å²) in [6.07, 6.45) is 4.77. The van der Waals surface area contributed by atoms with E-state index < -0.39 is 7.44 Å². The molecule has 4 nitrogen and oxygen atoms in total. The highest BCUT2D eigenvalue weighted by atomic mass is 31.2. The Hall–Kier alpha value is -0.830. The Morgan fingerprint density at radius 1 is 1.10 bits per heavy atom. The summed E-state index contributed by atoms with van der Waals surface area (Å²) in [5.41, 5.74) is 0. The predicted octanol–water partition coefficient (Wildman–Crippen LogP) is 2.70. The highest BCUT2D eigenvalue weighted by Crippen LogP contribution is 2.61. The van der Waals surface area contributed by atoms with E-state index in [0.717, 1.165) is 23.9 Å². The van der Waals surface area contributed by atoms with Crippen molar-refractivity contribution in [1.82, 2.24) is 9.34 Å². The van der Waals surface area contributed by atoms with Crippen LogP contribution in [0.2, 0.25) is 0 Å². The number of nitrogens with zero attached hydrogens (tertiary/aromatic N) is 2. The van der Waals surface area contributed by atoms with Gasteiger partial charge in [-0.15, -0.1) is 0 Å². The van der Waals surface area contributed by atoms with Crippen molar-refractivity contribution in [3.8, 4) is 5.75 Å². The van der Waals surface area contributed by atoms with Gasteiger partial charge in [0.2, 0.25) is 7.44 Å². The number of hydrogen-bond acceptors (Lipinski definition) is 2. The topological polar surface area (TPSA) is 32.8 Å². The van der Waals surface area contributed by atoms with E-state index in [1.807, 2.05) is 38.4 Å². The monoisotopic (exact) mass is 294 g/mol. The molecule has 2 fully saturated rings. The zero-order chi connectivity index (χ0) is 14.3. The van der Waals surface area contributed by atoms with Crippen LogP contribution in [0.1, 0.15) is 25.7 Å². The van der Waals surface area contributed by atoms with Gasteiger partial charge < -0.3 is 4.74 Å². The molecular weight excluding hydrogens is 271 g/mol. The van der Waals surface area contributed by atoms with Crippen molar-refractivity contribution >= 4 is 12.7 Å². The summed E-state index contributed by atoms with van der Waals surface area (Å²) >= 11 is 0. The molecule has 5 heteroatoms. The van der Waals surface area contributed by atoms with Gasteiger partial charge in [0, 0.05) is 12.1 Å². The van der Waals surface area contributed by atoms with Crippen molar-refractivity contribution in [2.75, 3.05) is 21.2 Å². The zero-order valence-corrected chi connectivity index (χ0v) is 13.3. The molecule has 1 heterocycles. The van der Waals surface area contributed by atoms with Crippen LogP contribution in [-0.4, -0.2) is 42.6 Å². The molecule has 1 saturated heterocycles. The maximum absolute atomic E-state index is 13.8. The van der Waals surface area contributed by atoms with E-state index in [9.17, 15) is 4.57 Å². The van der Waals surface area contributed by atoms with Crippen LogP contribution in [0, 0.1) is 0 Å². The van der Waals surface area contributed by atoms with Gasteiger partial charge in [0.05, 0.1) is 12.4 Å². The Balaban J connectivity index is 2.08. The lowest BCUT2D eigenvalue weighted by Crippen LogP contribution is -2.37. The van der Waals surface area contributed by atoms with E-state index in [0.29, 0.717) is 12.1 Å². The normalized spacial score (nSPS) is 30.1. The van der Waals surface area contributed by atoms with Gasteiger partial charge in [-0.2, -0.15) is 0 Å². The molecule has 0 N–H and O–H groups in total. The highest BCUT2D eigenvalue weighted by Gasteiger charge is 2.53. The first kappa shape index (κ1) is 14.1. The van der Waals surface area contributed by atoms with Crippen LogP contribution in [0.3, 0.4) is 0 Å². The first-order valence-electron chi connectivity index (χ1n) is 7.31. The van der Waals surface area contributed by atoms with Crippen molar-refractivity contribution in [1.29, 1.82) is 0 Å². The Bertz CT molecular complexity index is 526. The van der Waals surface area contributed by atoms with Gasteiger partial charge in [0.1, 0.15) is 5.75 Å². The summed E-state index contributed by atoms with van der Waals surface area (Å²) < 4.78 is 23.5. The second-order valence-electron chi connectivity index (χ2n) is 5.78. The Morgan fingerprint density at radius 3 is 2.20 bits per heavy atom. The minimum atomic E-state index is -2.72. The molecule has 0 amide bonds. The van der Waals surface area contributed by atoms with Crippen molar-refractivity contribution in [2.45, 2.75) is 37.8 Å². The first-order valence-corrected chi connectivity index (χ1v) is 8.92. The smallest absolute Gasteiger partial charge is 0.249 e. The molecule has 110 valence electrons. The summed E-state index contributed by atoms with van der Waals surface area (Å²) in [5.74, 6) is 0.730. The molecule has 2 aliphatic rings. The third-order valence-corrected chi connectivity index (χ3v) is 8.21. The van der Waals surface area contributed by atoms with Crippen molar-refractivity contribution in [3.63, 3.8) is 0 Å². The van der Waals surface area contributed by atoms with Crippen molar-refractivity contribution < 1.29 is 9.30 Å².